The van der Waals surface area contributed by atoms with Crippen molar-refractivity contribution in [2.75, 3.05) is 27.3 Å². The monoisotopic (exact) mass is 299 g/mol. The van der Waals surface area contributed by atoms with Gasteiger partial charge in [0.1, 0.15) is 11.7 Å². The number of methoxy groups -OCH3 is 2. The molecule has 0 bridgehead atoms. The van der Waals surface area contributed by atoms with Crippen molar-refractivity contribution in [1.29, 1.82) is 0 Å². The van der Waals surface area contributed by atoms with Crippen molar-refractivity contribution in [1.82, 2.24) is 4.90 Å². The summed E-state index contributed by atoms with van der Waals surface area (Å²) in [6.45, 7) is 0.688. The van der Waals surface area contributed by atoms with Crippen molar-refractivity contribution in [2.24, 2.45) is 0 Å². The largest absolute Gasteiger partial charge is 0.465 e. The standard InChI is InChI=1S/C14H18ClNO4/c1-19-12-9-16(13(17)18)8-7-14(12,20-2)10-3-5-11(15)6-4-10/h3-6,12H,7-9H2,1-2H3,(H,17,18). The van der Waals surface area contributed by atoms with Crippen molar-refractivity contribution in [2.45, 2.75) is 18.1 Å². The Morgan fingerprint density at radius 3 is 2.55 bits per heavy atom. The van der Waals surface area contributed by atoms with Crippen LogP contribution in [0.5, 0.6) is 0 Å². The van der Waals surface area contributed by atoms with Gasteiger partial charge in [-0.15, -0.1) is 0 Å². The molecule has 2 atom stereocenters. The zero-order valence-electron chi connectivity index (χ0n) is 11.5. The number of hydrogen-bond donors (Lipinski definition) is 1. The molecule has 1 aliphatic heterocycles. The maximum atomic E-state index is 11.1. The molecule has 2 unspecified atom stereocenters. The van der Waals surface area contributed by atoms with E-state index in [0.717, 1.165) is 5.56 Å². The molecule has 0 saturated carbocycles. The average Bonchev–Trinajstić information content (AvgIpc) is 2.47. The number of carboxylic acid groups (broad SMARTS) is 1. The van der Waals surface area contributed by atoms with Crippen LogP contribution in [0.25, 0.3) is 0 Å². The van der Waals surface area contributed by atoms with E-state index in [4.69, 9.17) is 26.2 Å². The Morgan fingerprint density at radius 1 is 1.40 bits per heavy atom. The van der Waals surface area contributed by atoms with E-state index in [-0.39, 0.29) is 12.6 Å². The fourth-order valence-corrected chi connectivity index (χ4v) is 2.88. The van der Waals surface area contributed by atoms with Crippen LogP contribution in [-0.4, -0.2) is 49.5 Å². The van der Waals surface area contributed by atoms with E-state index in [1.54, 1.807) is 26.4 Å². The summed E-state index contributed by atoms with van der Waals surface area (Å²) in [5.41, 5.74) is 0.298. The summed E-state index contributed by atoms with van der Waals surface area (Å²) < 4.78 is 11.2. The second-order valence-electron chi connectivity index (χ2n) is 4.80. The SMILES string of the molecule is COC1CN(C(=O)O)CCC1(OC)c1ccc(Cl)cc1. The molecule has 0 radical (unpaired) electrons. The molecule has 2 rings (SSSR count). The third kappa shape index (κ3) is 2.61. The number of halogens is 1. The lowest BCUT2D eigenvalue weighted by molar-refractivity contribution is -0.154. The third-order valence-corrected chi connectivity index (χ3v) is 4.16. The molecule has 1 amide bonds. The maximum Gasteiger partial charge on any atom is 0.407 e. The molecule has 5 nitrogen and oxygen atoms in total. The molecule has 1 N–H and O–H groups in total. The fraction of sp³-hybridized carbons (Fsp3) is 0.500. The number of piperidine rings is 1. The Kier molecular flexibility index (Phi) is 4.52. The van der Waals surface area contributed by atoms with Crippen LogP contribution in [0.2, 0.25) is 5.02 Å². The number of amides is 1. The second-order valence-corrected chi connectivity index (χ2v) is 5.24. The van der Waals surface area contributed by atoms with Gasteiger partial charge in [0.15, 0.2) is 0 Å². The molecular formula is C14H18ClNO4. The van der Waals surface area contributed by atoms with E-state index in [9.17, 15) is 4.79 Å². The number of ether oxygens (including phenoxy) is 2. The van der Waals surface area contributed by atoms with E-state index >= 15 is 0 Å². The molecule has 110 valence electrons. The van der Waals surface area contributed by atoms with Gasteiger partial charge < -0.3 is 19.5 Å². The summed E-state index contributed by atoms with van der Waals surface area (Å²) >= 11 is 5.92. The highest BCUT2D eigenvalue weighted by Crippen LogP contribution is 2.38. The Hall–Kier alpha value is -1.30. The highest BCUT2D eigenvalue weighted by atomic mass is 35.5. The molecule has 0 spiro atoms. The lowest BCUT2D eigenvalue weighted by Gasteiger charge is -2.45. The summed E-state index contributed by atoms with van der Waals surface area (Å²) in [6.07, 6.45) is -0.762. The zero-order chi connectivity index (χ0) is 14.8. The van der Waals surface area contributed by atoms with Crippen molar-refractivity contribution < 1.29 is 19.4 Å². The van der Waals surface area contributed by atoms with Crippen molar-refractivity contribution >= 4 is 17.7 Å². The molecule has 1 aliphatic rings. The van der Waals surface area contributed by atoms with E-state index in [1.165, 1.54) is 4.90 Å². The summed E-state index contributed by atoms with van der Waals surface area (Å²) in [5, 5.41) is 9.76. The van der Waals surface area contributed by atoms with Gasteiger partial charge in [-0.25, -0.2) is 4.79 Å². The molecule has 1 fully saturated rings. The number of carbonyl (C=O) groups is 1. The summed E-state index contributed by atoms with van der Waals surface area (Å²) in [4.78, 5) is 12.5. The van der Waals surface area contributed by atoms with E-state index < -0.39 is 11.7 Å². The molecule has 1 aromatic carbocycles. The van der Waals surface area contributed by atoms with Crippen LogP contribution in [0, 0.1) is 0 Å². The van der Waals surface area contributed by atoms with Crippen LogP contribution in [0.3, 0.4) is 0 Å². The maximum absolute atomic E-state index is 11.1. The fourth-order valence-electron chi connectivity index (χ4n) is 2.75. The molecule has 1 heterocycles. The Morgan fingerprint density at radius 2 is 2.05 bits per heavy atom. The number of benzene rings is 1. The van der Waals surface area contributed by atoms with Gasteiger partial charge in [-0.2, -0.15) is 0 Å². The van der Waals surface area contributed by atoms with Crippen molar-refractivity contribution in [3.63, 3.8) is 0 Å². The van der Waals surface area contributed by atoms with Crippen molar-refractivity contribution in [3.05, 3.63) is 34.9 Å². The topological polar surface area (TPSA) is 59.0 Å². The number of nitrogens with zero attached hydrogens (tertiary/aromatic N) is 1. The van der Waals surface area contributed by atoms with Gasteiger partial charge in [-0.05, 0) is 17.7 Å². The average molecular weight is 300 g/mol. The predicted octanol–water partition coefficient (Wildman–Crippen LogP) is 2.58. The summed E-state index contributed by atoms with van der Waals surface area (Å²) in [5.74, 6) is 0. The van der Waals surface area contributed by atoms with Gasteiger partial charge in [0.2, 0.25) is 0 Å². The first-order chi connectivity index (χ1) is 9.53. The first kappa shape index (κ1) is 15.1. The van der Waals surface area contributed by atoms with Crippen LogP contribution in [0.15, 0.2) is 24.3 Å². The molecule has 0 aromatic heterocycles. The van der Waals surface area contributed by atoms with Gasteiger partial charge in [-0.1, -0.05) is 23.7 Å². The molecule has 0 aliphatic carbocycles. The lowest BCUT2D eigenvalue weighted by Crippen LogP contribution is -2.56. The van der Waals surface area contributed by atoms with E-state index in [0.29, 0.717) is 18.0 Å². The van der Waals surface area contributed by atoms with Gasteiger partial charge in [-0.3, -0.25) is 0 Å². The molecule has 6 heteroatoms. The Bertz CT molecular complexity index is 479. The minimum atomic E-state index is -0.937. The minimum absolute atomic E-state index is 0.280. The van der Waals surface area contributed by atoms with Crippen LogP contribution >= 0.6 is 11.6 Å². The molecule has 1 aromatic rings. The first-order valence-corrected chi connectivity index (χ1v) is 6.73. The quantitative estimate of drug-likeness (QED) is 0.932. The smallest absolute Gasteiger partial charge is 0.407 e. The number of hydrogen-bond acceptors (Lipinski definition) is 3. The highest BCUT2D eigenvalue weighted by molar-refractivity contribution is 6.30. The van der Waals surface area contributed by atoms with Gasteiger partial charge >= 0.3 is 6.09 Å². The summed E-state index contributed by atoms with van der Waals surface area (Å²) in [6, 6.07) is 7.39. The van der Waals surface area contributed by atoms with Gasteiger partial charge in [0.25, 0.3) is 0 Å². The normalized spacial score (nSPS) is 26.6. The molecule has 20 heavy (non-hydrogen) atoms. The zero-order valence-corrected chi connectivity index (χ0v) is 12.3. The molecule has 1 saturated heterocycles. The predicted molar refractivity (Wildman–Crippen MR) is 75.2 cm³/mol. The Labute approximate surface area is 123 Å². The van der Waals surface area contributed by atoms with Gasteiger partial charge in [0.05, 0.1) is 6.54 Å². The molecular weight excluding hydrogens is 282 g/mol. The van der Waals surface area contributed by atoms with Crippen LogP contribution in [-0.2, 0) is 15.1 Å². The summed E-state index contributed by atoms with van der Waals surface area (Å²) in [7, 11) is 3.19. The van der Waals surface area contributed by atoms with Crippen molar-refractivity contribution in [3.8, 4) is 0 Å². The first-order valence-electron chi connectivity index (χ1n) is 6.35. The number of rotatable bonds is 3. The van der Waals surface area contributed by atoms with Crippen LogP contribution in [0.1, 0.15) is 12.0 Å². The van der Waals surface area contributed by atoms with Crippen LogP contribution in [0.4, 0.5) is 4.79 Å². The third-order valence-electron chi connectivity index (χ3n) is 3.91. The van der Waals surface area contributed by atoms with Gasteiger partial charge in [0, 0.05) is 32.2 Å². The highest BCUT2D eigenvalue weighted by Gasteiger charge is 2.46. The Balaban J connectivity index is 2.34. The van der Waals surface area contributed by atoms with Crippen LogP contribution < -0.4 is 0 Å². The van der Waals surface area contributed by atoms with E-state index in [1.807, 2.05) is 12.1 Å². The second kappa shape index (κ2) is 5.99. The minimum Gasteiger partial charge on any atom is -0.465 e. The van der Waals surface area contributed by atoms with E-state index in [2.05, 4.69) is 0 Å². The number of likely N-dealkylation sites (tertiary alicyclic amines) is 1. The lowest BCUT2D eigenvalue weighted by atomic mass is 9.81.